The molecule has 3 heteroatoms. The van der Waals surface area contributed by atoms with E-state index in [-0.39, 0.29) is 50.7 Å². The van der Waals surface area contributed by atoms with Crippen molar-refractivity contribution in [3.63, 3.8) is 0 Å². The third-order valence-corrected chi connectivity index (χ3v) is 4.05. The van der Waals surface area contributed by atoms with Crippen LogP contribution in [0.5, 0.6) is 0 Å². The minimum absolute atomic E-state index is 0. The van der Waals surface area contributed by atoms with E-state index in [0.717, 1.165) is 0 Å². The average Bonchev–Trinajstić information content (AvgIpc) is 3.15. The third kappa shape index (κ3) is 5.81. The van der Waals surface area contributed by atoms with Gasteiger partial charge in [-0.3, -0.25) is 0 Å². The Kier molecular flexibility index (Phi) is 9.94. The summed E-state index contributed by atoms with van der Waals surface area (Å²) in [6.07, 6.45) is 0. The molecule has 0 aliphatic rings. The molecule has 0 spiro atoms. The van der Waals surface area contributed by atoms with Crippen LogP contribution in [0.25, 0.3) is 21.5 Å². The fraction of sp³-hybridized carbons (Fsp3) is 0.182. The molecule has 128 valence electrons. The van der Waals surface area contributed by atoms with Crippen LogP contribution in [0, 0.1) is 0 Å². The van der Waals surface area contributed by atoms with Crippen molar-refractivity contribution in [2.45, 2.75) is 26.2 Å². The summed E-state index contributed by atoms with van der Waals surface area (Å²) in [5, 5.41) is 5.39. The maximum atomic E-state index is 2.24. The smallest absolute Gasteiger partial charge is 1.00 e. The van der Waals surface area contributed by atoms with Gasteiger partial charge in [-0.25, -0.2) is 6.07 Å². The minimum Gasteiger partial charge on any atom is -1.00 e. The molecule has 0 saturated heterocycles. The van der Waals surface area contributed by atoms with Gasteiger partial charge in [0.1, 0.15) is 0 Å². The second-order valence-electron chi connectivity index (χ2n) is 6.74. The van der Waals surface area contributed by atoms with E-state index in [1.54, 1.807) is 0 Å². The summed E-state index contributed by atoms with van der Waals surface area (Å²) in [7, 11) is 0. The molecule has 4 aromatic rings. The normalized spacial score (nSPS) is 10.0. The van der Waals surface area contributed by atoms with Crippen LogP contribution in [0.2, 0.25) is 0 Å². The standard InChI is InChI=1S/C13H9.C9H13.2ClH.Hf/c1-3-7-12-10(5-1)9-11-6-2-4-8-13(11)12;1-9(2,3)8-6-4-5-7-8;;;/h1-9H;4-7H,1-3H3;2*1H;/q2*-1;;;+4/p-2. The van der Waals surface area contributed by atoms with Crippen molar-refractivity contribution >= 4 is 21.5 Å². The molecule has 4 rings (SSSR count). The summed E-state index contributed by atoms with van der Waals surface area (Å²) in [6, 6.07) is 27.8. The van der Waals surface area contributed by atoms with Crippen LogP contribution >= 0.6 is 0 Å². The first-order valence-corrected chi connectivity index (χ1v) is 7.81. The summed E-state index contributed by atoms with van der Waals surface area (Å²) in [4.78, 5) is 0. The van der Waals surface area contributed by atoms with Gasteiger partial charge in [0, 0.05) is 0 Å². The van der Waals surface area contributed by atoms with E-state index < -0.39 is 0 Å². The van der Waals surface area contributed by atoms with Gasteiger partial charge in [0.2, 0.25) is 0 Å². The molecule has 0 heterocycles. The van der Waals surface area contributed by atoms with Gasteiger partial charge in [0.25, 0.3) is 0 Å². The van der Waals surface area contributed by atoms with E-state index in [4.69, 9.17) is 0 Å². The van der Waals surface area contributed by atoms with Crippen molar-refractivity contribution in [2.24, 2.45) is 0 Å². The van der Waals surface area contributed by atoms with Gasteiger partial charge in [-0.15, -0.1) is 39.7 Å². The first kappa shape index (κ1) is 24.1. The molecule has 0 fully saturated rings. The zero-order chi connectivity index (χ0) is 15.6. The number of rotatable bonds is 0. The van der Waals surface area contributed by atoms with Gasteiger partial charge in [-0.2, -0.15) is 23.8 Å². The first-order chi connectivity index (χ1) is 10.6. The Hall–Kier alpha value is -0.890. The molecule has 0 aliphatic heterocycles. The molecule has 0 aromatic heterocycles. The van der Waals surface area contributed by atoms with Crippen LogP contribution in [0.15, 0.2) is 78.9 Å². The average molecular weight is 536 g/mol. The van der Waals surface area contributed by atoms with Crippen LogP contribution in [-0.4, -0.2) is 0 Å². The maximum absolute atomic E-state index is 2.24. The van der Waals surface area contributed by atoms with Gasteiger partial charge in [-0.05, 0) is 0 Å². The second kappa shape index (κ2) is 10.3. The van der Waals surface area contributed by atoms with Gasteiger partial charge in [0.15, 0.2) is 0 Å². The van der Waals surface area contributed by atoms with Gasteiger partial charge >= 0.3 is 25.8 Å². The van der Waals surface area contributed by atoms with Crippen molar-refractivity contribution in [3.8, 4) is 0 Å². The molecule has 0 bridgehead atoms. The first-order valence-electron chi connectivity index (χ1n) is 7.81. The summed E-state index contributed by atoms with van der Waals surface area (Å²) >= 11 is 0. The van der Waals surface area contributed by atoms with Gasteiger partial charge in [0.05, 0.1) is 0 Å². The molecular weight excluding hydrogens is 514 g/mol. The van der Waals surface area contributed by atoms with Crippen molar-refractivity contribution in [1.29, 1.82) is 0 Å². The molecular formula is C22H22Cl2Hf. The van der Waals surface area contributed by atoms with E-state index in [1.807, 2.05) is 0 Å². The molecule has 0 radical (unpaired) electrons. The molecule has 25 heavy (non-hydrogen) atoms. The molecule has 0 atom stereocenters. The van der Waals surface area contributed by atoms with E-state index in [1.165, 1.54) is 27.1 Å². The van der Waals surface area contributed by atoms with E-state index in [2.05, 4.69) is 99.6 Å². The van der Waals surface area contributed by atoms with E-state index >= 15 is 0 Å². The van der Waals surface area contributed by atoms with Gasteiger partial charge < -0.3 is 24.8 Å². The van der Waals surface area contributed by atoms with Crippen LogP contribution in [0.4, 0.5) is 0 Å². The predicted molar refractivity (Wildman–Crippen MR) is 97.8 cm³/mol. The number of fused-ring (bicyclic) bond motifs is 3. The molecule has 0 nitrogen and oxygen atoms in total. The van der Waals surface area contributed by atoms with E-state index in [0.29, 0.717) is 5.41 Å². The fourth-order valence-electron chi connectivity index (χ4n) is 2.78. The van der Waals surface area contributed by atoms with Crippen molar-refractivity contribution in [2.75, 3.05) is 0 Å². The van der Waals surface area contributed by atoms with Crippen LogP contribution in [0.1, 0.15) is 26.3 Å². The van der Waals surface area contributed by atoms with Crippen molar-refractivity contribution < 1.29 is 50.7 Å². The molecule has 0 aliphatic carbocycles. The molecule has 4 aromatic carbocycles. The summed E-state index contributed by atoms with van der Waals surface area (Å²) in [6.45, 7) is 6.67. The summed E-state index contributed by atoms with van der Waals surface area (Å²) in [5.41, 5.74) is 1.74. The summed E-state index contributed by atoms with van der Waals surface area (Å²) in [5.74, 6) is 0. The SMILES string of the molecule is CC(C)(C)c1cc[cH-]c1.[Cl-].[Cl-].[Hf+4].c1ccc2c(c1)[cH-]c1ccccc12. The topological polar surface area (TPSA) is 0 Å². The third-order valence-electron chi connectivity index (χ3n) is 4.05. The number of halogens is 2. The van der Waals surface area contributed by atoms with Crippen LogP contribution in [0.3, 0.4) is 0 Å². The molecule has 0 saturated carbocycles. The number of hydrogen-bond acceptors (Lipinski definition) is 0. The Morgan fingerprint density at radius 3 is 1.56 bits per heavy atom. The fourth-order valence-corrected chi connectivity index (χ4v) is 2.78. The number of hydrogen-bond donors (Lipinski definition) is 0. The predicted octanol–water partition coefficient (Wildman–Crippen LogP) is 0.420. The largest absolute Gasteiger partial charge is 4.00 e. The zero-order valence-electron chi connectivity index (χ0n) is 14.8. The Bertz CT molecular complexity index is 817. The second-order valence-corrected chi connectivity index (χ2v) is 6.74. The van der Waals surface area contributed by atoms with Crippen molar-refractivity contribution in [3.05, 3.63) is 84.4 Å². The molecule has 0 N–H and O–H groups in total. The Balaban J connectivity index is 0.000000435. The Morgan fingerprint density at radius 2 is 1.20 bits per heavy atom. The molecule has 0 amide bonds. The zero-order valence-corrected chi connectivity index (χ0v) is 19.9. The van der Waals surface area contributed by atoms with E-state index in [9.17, 15) is 0 Å². The Labute approximate surface area is 182 Å². The monoisotopic (exact) mass is 536 g/mol. The van der Waals surface area contributed by atoms with Crippen molar-refractivity contribution in [1.82, 2.24) is 0 Å². The number of benzene rings is 2. The molecule has 0 unspecified atom stereocenters. The quantitative estimate of drug-likeness (QED) is 0.226. The summed E-state index contributed by atoms with van der Waals surface area (Å²) < 4.78 is 0. The minimum atomic E-state index is 0. The Morgan fingerprint density at radius 1 is 0.720 bits per heavy atom. The maximum Gasteiger partial charge on any atom is 4.00 e. The van der Waals surface area contributed by atoms with Crippen LogP contribution < -0.4 is 24.8 Å². The van der Waals surface area contributed by atoms with Gasteiger partial charge in [-0.1, -0.05) is 62.6 Å². The van der Waals surface area contributed by atoms with Crippen LogP contribution in [-0.2, 0) is 31.3 Å².